The molecule has 0 aromatic carbocycles. The fourth-order valence-electron chi connectivity index (χ4n) is 1.88. The number of likely N-dealkylation sites (tertiary alicyclic amines) is 1. The summed E-state index contributed by atoms with van der Waals surface area (Å²) in [6.07, 6.45) is 3.42. The van der Waals surface area contributed by atoms with Gasteiger partial charge < -0.3 is 10.6 Å². The van der Waals surface area contributed by atoms with Gasteiger partial charge in [-0.1, -0.05) is 0 Å². The van der Waals surface area contributed by atoms with E-state index in [0.29, 0.717) is 0 Å². The SMILES string of the molecule is CN1C(=O)[C@@H](N)[C@]1(C)c1ccncc1. The van der Waals surface area contributed by atoms with E-state index >= 15 is 0 Å². The van der Waals surface area contributed by atoms with Crippen molar-refractivity contribution in [2.75, 3.05) is 7.05 Å². The third-order valence-corrected chi connectivity index (χ3v) is 3.16. The lowest BCUT2D eigenvalue weighted by atomic mass is 9.76. The highest BCUT2D eigenvalue weighted by molar-refractivity contribution is 5.91. The van der Waals surface area contributed by atoms with E-state index in [1.807, 2.05) is 19.1 Å². The van der Waals surface area contributed by atoms with E-state index in [1.54, 1.807) is 24.3 Å². The lowest BCUT2D eigenvalue weighted by Crippen LogP contribution is -2.72. The van der Waals surface area contributed by atoms with E-state index in [4.69, 9.17) is 5.73 Å². The van der Waals surface area contributed by atoms with Gasteiger partial charge in [0.25, 0.3) is 0 Å². The maximum Gasteiger partial charge on any atom is 0.242 e. The zero-order valence-corrected chi connectivity index (χ0v) is 8.27. The fourth-order valence-corrected chi connectivity index (χ4v) is 1.88. The molecule has 4 heteroatoms. The predicted octanol–water partition coefficient (Wildman–Crippen LogP) is 0.0961. The number of nitrogens with zero attached hydrogens (tertiary/aromatic N) is 2. The molecule has 14 heavy (non-hydrogen) atoms. The van der Waals surface area contributed by atoms with Crippen molar-refractivity contribution in [3.05, 3.63) is 30.1 Å². The number of likely N-dealkylation sites (N-methyl/N-ethyl adjacent to an activating group) is 1. The number of β-lactam (4-membered cyclic amide) rings is 1. The summed E-state index contributed by atoms with van der Waals surface area (Å²) >= 11 is 0. The summed E-state index contributed by atoms with van der Waals surface area (Å²) in [4.78, 5) is 17.0. The Morgan fingerprint density at radius 3 is 2.57 bits per heavy atom. The molecule has 1 aliphatic rings. The van der Waals surface area contributed by atoms with Gasteiger partial charge in [0.1, 0.15) is 6.04 Å². The lowest BCUT2D eigenvalue weighted by molar-refractivity contribution is -0.157. The van der Waals surface area contributed by atoms with Gasteiger partial charge in [-0.25, -0.2) is 0 Å². The molecule has 0 unspecified atom stereocenters. The number of pyridine rings is 1. The third-order valence-electron chi connectivity index (χ3n) is 3.16. The van der Waals surface area contributed by atoms with Gasteiger partial charge in [-0.2, -0.15) is 0 Å². The van der Waals surface area contributed by atoms with Crippen LogP contribution in [0, 0.1) is 0 Å². The highest BCUT2D eigenvalue weighted by Crippen LogP contribution is 2.38. The summed E-state index contributed by atoms with van der Waals surface area (Å²) in [6, 6.07) is 3.35. The minimum Gasteiger partial charge on any atom is -0.333 e. The molecule has 1 saturated heterocycles. The molecule has 1 aromatic heterocycles. The van der Waals surface area contributed by atoms with Gasteiger partial charge in [0.05, 0.1) is 5.54 Å². The van der Waals surface area contributed by atoms with Gasteiger partial charge in [0.15, 0.2) is 0 Å². The summed E-state index contributed by atoms with van der Waals surface area (Å²) in [6.45, 7) is 1.97. The van der Waals surface area contributed by atoms with Crippen molar-refractivity contribution in [2.45, 2.75) is 18.5 Å². The molecule has 2 heterocycles. The van der Waals surface area contributed by atoms with Crippen LogP contribution in [0.2, 0.25) is 0 Å². The van der Waals surface area contributed by atoms with Crippen molar-refractivity contribution in [3.8, 4) is 0 Å². The number of hydrogen-bond acceptors (Lipinski definition) is 3. The van der Waals surface area contributed by atoms with E-state index in [-0.39, 0.29) is 11.4 Å². The zero-order chi connectivity index (χ0) is 10.3. The molecule has 74 valence electrons. The van der Waals surface area contributed by atoms with Crippen molar-refractivity contribution in [3.63, 3.8) is 0 Å². The molecular formula is C10H13N3O. The second kappa shape index (κ2) is 2.78. The van der Waals surface area contributed by atoms with Crippen LogP contribution in [0.4, 0.5) is 0 Å². The van der Waals surface area contributed by atoms with Crippen molar-refractivity contribution in [1.29, 1.82) is 0 Å². The number of carbonyl (C=O) groups excluding carboxylic acids is 1. The van der Waals surface area contributed by atoms with Crippen LogP contribution in [0.15, 0.2) is 24.5 Å². The molecule has 0 saturated carbocycles. The first-order valence-corrected chi connectivity index (χ1v) is 4.52. The summed E-state index contributed by atoms with van der Waals surface area (Å²) in [5.41, 5.74) is 6.47. The number of amides is 1. The average molecular weight is 191 g/mol. The molecule has 4 nitrogen and oxygen atoms in total. The minimum absolute atomic E-state index is 0.00990. The van der Waals surface area contributed by atoms with Crippen LogP contribution in [-0.2, 0) is 10.3 Å². The summed E-state index contributed by atoms with van der Waals surface area (Å²) in [7, 11) is 1.77. The Kier molecular flexibility index (Phi) is 1.82. The van der Waals surface area contributed by atoms with Crippen LogP contribution in [-0.4, -0.2) is 28.9 Å². The van der Waals surface area contributed by atoms with Crippen molar-refractivity contribution in [1.82, 2.24) is 9.88 Å². The van der Waals surface area contributed by atoms with E-state index in [1.165, 1.54) is 0 Å². The van der Waals surface area contributed by atoms with Crippen molar-refractivity contribution in [2.24, 2.45) is 5.73 Å². The molecular weight excluding hydrogens is 178 g/mol. The summed E-state index contributed by atoms with van der Waals surface area (Å²) < 4.78 is 0. The van der Waals surface area contributed by atoms with Gasteiger partial charge in [-0.3, -0.25) is 9.78 Å². The van der Waals surface area contributed by atoms with Crippen molar-refractivity contribution < 1.29 is 4.79 Å². The van der Waals surface area contributed by atoms with Crippen LogP contribution >= 0.6 is 0 Å². The van der Waals surface area contributed by atoms with Crippen LogP contribution in [0.1, 0.15) is 12.5 Å². The Morgan fingerprint density at radius 2 is 2.07 bits per heavy atom. The molecule has 1 aliphatic heterocycles. The van der Waals surface area contributed by atoms with E-state index < -0.39 is 6.04 Å². The zero-order valence-electron chi connectivity index (χ0n) is 8.27. The quantitative estimate of drug-likeness (QED) is 0.640. The standard InChI is InChI=1S/C10H13N3O/c1-10(7-3-5-12-6-4-7)8(11)9(14)13(10)2/h3-6,8H,11H2,1-2H3/t8-,10+/m1/s1. The molecule has 0 bridgehead atoms. The molecule has 2 N–H and O–H groups in total. The molecule has 2 rings (SSSR count). The number of nitrogens with two attached hydrogens (primary N) is 1. The summed E-state index contributed by atoms with van der Waals surface area (Å²) in [5, 5.41) is 0. The Bertz CT molecular complexity index is 351. The minimum atomic E-state index is -0.435. The third kappa shape index (κ3) is 0.915. The first-order chi connectivity index (χ1) is 6.58. The van der Waals surface area contributed by atoms with Crippen LogP contribution < -0.4 is 5.73 Å². The van der Waals surface area contributed by atoms with Crippen LogP contribution in [0.5, 0.6) is 0 Å². The number of carbonyl (C=O) groups is 1. The Labute approximate surface area is 82.7 Å². The molecule has 0 aliphatic carbocycles. The monoisotopic (exact) mass is 191 g/mol. The van der Waals surface area contributed by atoms with E-state index in [9.17, 15) is 4.79 Å². The highest BCUT2D eigenvalue weighted by atomic mass is 16.2. The summed E-state index contributed by atoms with van der Waals surface area (Å²) in [5.74, 6) is -0.00990. The largest absolute Gasteiger partial charge is 0.333 e. The topological polar surface area (TPSA) is 59.2 Å². The highest BCUT2D eigenvalue weighted by Gasteiger charge is 2.53. The van der Waals surface area contributed by atoms with E-state index in [2.05, 4.69) is 4.98 Å². The molecule has 2 atom stereocenters. The van der Waals surface area contributed by atoms with Gasteiger partial charge in [0, 0.05) is 19.4 Å². The average Bonchev–Trinajstić information content (AvgIpc) is 2.27. The molecule has 0 radical (unpaired) electrons. The van der Waals surface area contributed by atoms with Gasteiger partial charge >= 0.3 is 0 Å². The first kappa shape index (κ1) is 9.15. The maximum atomic E-state index is 11.3. The van der Waals surface area contributed by atoms with E-state index in [0.717, 1.165) is 5.56 Å². The fraction of sp³-hybridized carbons (Fsp3) is 0.400. The molecule has 1 fully saturated rings. The first-order valence-electron chi connectivity index (χ1n) is 4.52. The Hall–Kier alpha value is -1.42. The normalized spacial score (nSPS) is 31.5. The Balaban J connectivity index is 2.40. The van der Waals surface area contributed by atoms with Gasteiger partial charge in [-0.15, -0.1) is 0 Å². The predicted molar refractivity (Wildman–Crippen MR) is 52.3 cm³/mol. The van der Waals surface area contributed by atoms with Gasteiger partial charge in [-0.05, 0) is 24.6 Å². The number of rotatable bonds is 1. The molecule has 1 aromatic rings. The number of hydrogen-bond donors (Lipinski definition) is 1. The van der Waals surface area contributed by atoms with Crippen LogP contribution in [0.25, 0.3) is 0 Å². The lowest BCUT2D eigenvalue weighted by Gasteiger charge is -2.52. The second-order valence-corrected chi connectivity index (χ2v) is 3.76. The maximum absolute atomic E-state index is 11.3. The van der Waals surface area contributed by atoms with Crippen LogP contribution in [0.3, 0.4) is 0 Å². The van der Waals surface area contributed by atoms with Crippen molar-refractivity contribution >= 4 is 5.91 Å². The molecule has 1 amide bonds. The Morgan fingerprint density at radius 1 is 1.50 bits per heavy atom. The second-order valence-electron chi connectivity index (χ2n) is 3.76. The number of aromatic nitrogens is 1. The van der Waals surface area contributed by atoms with Gasteiger partial charge in [0.2, 0.25) is 5.91 Å². The smallest absolute Gasteiger partial charge is 0.242 e. The molecule has 0 spiro atoms.